The number of rotatable bonds is 4. The van der Waals surface area contributed by atoms with E-state index >= 15 is 0 Å². The van der Waals surface area contributed by atoms with Crippen LogP contribution in [-0.4, -0.2) is 45.5 Å². The van der Waals surface area contributed by atoms with E-state index in [9.17, 15) is 8.42 Å². The molecule has 0 bridgehead atoms. The highest BCUT2D eigenvalue weighted by Gasteiger charge is 2.32. The summed E-state index contributed by atoms with van der Waals surface area (Å²) in [5.41, 5.74) is 0.882. The number of halogens is 2. The third-order valence-corrected chi connectivity index (χ3v) is 6.66. The van der Waals surface area contributed by atoms with Gasteiger partial charge in [0.2, 0.25) is 10.0 Å². The summed E-state index contributed by atoms with van der Waals surface area (Å²) in [6.07, 6.45) is 2.68. The summed E-state index contributed by atoms with van der Waals surface area (Å²) in [5.74, 6) is 0.988. The molecule has 5 nitrogen and oxygen atoms in total. The van der Waals surface area contributed by atoms with Crippen molar-refractivity contribution < 1.29 is 13.2 Å². The molecule has 0 aliphatic carbocycles. The zero-order valence-electron chi connectivity index (χ0n) is 13.9. The lowest BCUT2D eigenvalue weighted by Gasteiger charge is -2.32. The van der Waals surface area contributed by atoms with Gasteiger partial charge >= 0.3 is 0 Å². The Balaban J connectivity index is 0.00000208. The molecule has 2 aliphatic rings. The number of nitrogens with zero attached hydrogens (tertiary/aromatic N) is 1. The molecule has 1 fully saturated rings. The van der Waals surface area contributed by atoms with Gasteiger partial charge in [0.15, 0.2) is 0 Å². The van der Waals surface area contributed by atoms with Crippen molar-refractivity contribution in [3.63, 3.8) is 0 Å². The number of sulfonamides is 1. The Bertz CT molecular complexity index is 695. The highest BCUT2D eigenvalue weighted by molar-refractivity contribution is 7.89. The molecular formula is C16H24Cl2N2O3S. The van der Waals surface area contributed by atoms with Crippen molar-refractivity contribution in [2.75, 3.05) is 26.7 Å². The quantitative estimate of drug-likeness (QED) is 0.852. The van der Waals surface area contributed by atoms with Gasteiger partial charge in [-0.25, -0.2) is 8.42 Å². The van der Waals surface area contributed by atoms with Crippen molar-refractivity contribution in [2.45, 2.75) is 37.2 Å². The second-order valence-electron chi connectivity index (χ2n) is 6.45. The third-order valence-electron chi connectivity index (χ3n) is 4.53. The van der Waals surface area contributed by atoms with Crippen LogP contribution in [0.5, 0.6) is 5.75 Å². The van der Waals surface area contributed by atoms with Crippen molar-refractivity contribution in [2.24, 2.45) is 5.92 Å². The lowest BCUT2D eigenvalue weighted by molar-refractivity contribution is 0.255. The van der Waals surface area contributed by atoms with Gasteiger partial charge in [0, 0.05) is 25.1 Å². The number of fused-ring (bicyclic) bond motifs is 1. The van der Waals surface area contributed by atoms with E-state index in [2.05, 4.69) is 5.32 Å². The highest BCUT2D eigenvalue weighted by Crippen LogP contribution is 2.38. The Morgan fingerprint density at radius 3 is 2.88 bits per heavy atom. The maximum Gasteiger partial charge on any atom is 0.243 e. The van der Waals surface area contributed by atoms with Crippen molar-refractivity contribution in [1.82, 2.24) is 9.62 Å². The van der Waals surface area contributed by atoms with Crippen LogP contribution in [0.25, 0.3) is 0 Å². The number of hydrogen-bond acceptors (Lipinski definition) is 4. The minimum absolute atomic E-state index is 0. The number of piperidine rings is 1. The first-order chi connectivity index (χ1) is 10.9. The molecule has 0 aromatic heterocycles. The SMILES string of the molecule is CNCC1CCCN(S(=O)(=O)c2cc(Cl)c3c(c2)CC(C)O3)C1.Cl. The standard InChI is InChI=1S/C16H23ClN2O3S.ClH/c1-11-6-13-7-14(8-15(17)16(13)22-11)23(20,21)19-5-3-4-12(10-19)9-18-2;/h7-8,11-12,18H,3-6,9-10H2,1-2H3;1H. The van der Waals surface area contributed by atoms with Gasteiger partial charge in [-0.2, -0.15) is 4.31 Å². The summed E-state index contributed by atoms with van der Waals surface area (Å²) in [7, 11) is -1.61. The van der Waals surface area contributed by atoms with E-state index in [1.54, 1.807) is 10.4 Å². The maximum atomic E-state index is 13.0. The molecule has 1 aromatic carbocycles. The molecule has 0 saturated carbocycles. The summed E-state index contributed by atoms with van der Waals surface area (Å²) >= 11 is 6.25. The lowest BCUT2D eigenvalue weighted by Crippen LogP contribution is -2.42. The molecular weight excluding hydrogens is 371 g/mol. The molecule has 24 heavy (non-hydrogen) atoms. The van der Waals surface area contributed by atoms with Crippen molar-refractivity contribution in [1.29, 1.82) is 0 Å². The molecule has 0 spiro atoms. The average molecular weight is 395 g/mol. The fourth-order valence-electron chi connectivity index (χ4n) is 3.46. The summed E-state index contributed by atoms with van der Waals surface area (Å²) in [6, 6.07) is 3.25. The van der Waals surface area contributed by atoms with Gasteiger partial charge in [0.1, 0.15) is 11.9 Å². The minimum atomic E-state index is -3.51. The molecule has 2 unspecified atom stereocenters. The normalized spacial score (nSPS) is 24.1. The first kappa shape index (κ1) is 19.8. The molecule has 0 radical (unpaired) electrons. The fraction of sp³-hybridized carbons (Fsp3) is 0.625. The van der Waals surface area contributed by atoms with Crippen LogP contribution in [0, 0.1) is 5.92 Å². The molecule has 1 aromatic rings. The van der Waals surface area contributed by atoms with Gasteiger partial charge in [-0.15, -0.1) is 12.4 Å². The highest BCUT2D eigenvalue weighted by atomic mass is 35.5. The van der Waals surface area contributed by atoms with Crippen LogP contribution >= 0.6 is 24.0 Å². The number of ether oxygens (including phenoxy) is 1. The zero-order chi connectivity index (χ0) is 16.6. The molecule has 2 atom stereocenters. The molecule has 1 saturated heterocycles. The molecule has 2 heterocycles. The molecule has 2 aliphatic heterocycles. The Hall–Kier alpha value is -0.530. The Morgan fingerprint density at radius 1 is 1.42 bits per heavy atom. The van der Waals surface area contributed by atoms with E-state index in [1.165, 1.54) is 6.07 Å². The van der Waals surface area contributed by atoms with Crippen LogP contribution in [0.15, 0.2) is 17.0 Å². The number of nitrogens with one attached hydrogen (secondary N) is 1. The summed E-state index contributed by atoms with van der Waals surface area (Å²) < 4.78 is 33.2. The zero-order valence-corrected chi connectivity index (χ0v) is 16.3. The average Bonchev–Trinajstić information content (AvgIpc) is 2.89. The van der Waals surface area contributed by atoms with Crippen LogP contribution < -0.4 is 10.1 Å². The smallest absolute Gasteiger partial charge is 0.243 e. The lowest BCUT2D eigenvalue weighted by atomic mass is 10.00. The van der Waals surface area contributed by atoms with Crippen LogP contribution in [0.2, 0.25) is 5.02 Å². The fourth-order valence-corrected chi connectivity index (χ4v) is 5.44. The monoisotopic (exact) mass is 394 g/mol. The van der Waals surface area contributed by atoms with Gasteiger partial charge in [0.25, 0.3) is 0 Å². The molecule has 8 heteroatoms. The van der Waals surface area contributed by atoms with Crippen LogP contribution in [-0.2, 0) is 16.4 Å². The van der Waals surface area contributed by atoms with Gasteiger partial charge < -0.3 is 10.1 Å². The Kier molecular flexibility index (Phi) is 6.42. The third kappa shape index (κ3) is 3.83. The van der Waals surface area contributed by atoms with E-state index < -0.39 is 10.0 Å². The Morgan fingerprint density at radius 2 is 2.17 bits per heavy atom. The van der Waals surface area contributed by atoms with Crippen molar-refractivity contribution in [3.05, 3.63) is 22.7 Å². The van der Waals surface area contributed by atoms with E-state index in [4.69, 9.17) is 16.3 Å². The largest absolute Gasteiger partial charge is 0.489 e. The number of hydrogen-bond donors (Lipinski definition) is 1. The minimum Gasteiger partial charge on any atom is -0.489 e. The van der Waals surface area contributed by atoms with E-state index in [1.807, 2.05) is 14.0 Å². The van der Waals surface area contributed by atoms with E-state index in [0.717, 1.165) is 24.9 Å². The molecule has 1 N–H and O–H groups in total. The van der Waals surface area contributed by atoms with Gasteiger partial charge in [0.05, 0.1) is 9.92 Å². The van der Waals surface area contributed by atoms with Crippen LogP contribution in [0.1, 0.15) is 25.3 Å². The first-order valence-corrected chi connectivity index (χ1v) is 9.87. The molecule has 0 amide bonds. The van der Waals surface area contributed by atoms with Crippen LogP contribution in [0.4, 0.5) is 0 Å². The predicted octanol–water partition coefficient (Wildman–Crippen LogP) is 2.71. The van der Waals surface area contributed by atoms with Crippen molar-refractivity contribution in [3.8, 4) is 5.75 Å². The second-order valence-corrected chi connectivity index (χ2v) is 8.80. The first-order valence-electron chi connectivity index (χ1n) is 8.05. The molecule has 3 rings (SSSR count). The van der Waals surface area contributed by atoms with E-state index in [0.29, 0.717) is 36.2 Å². The van der Waals surface area contributed by atoms with Gasteiger partial charge in [-0.05, 0) is 51.4 Å². The maximum absolute atomic E-state index is 13.0. The topological polar surface area (TPSA) is 58.6 Å². The van der Waals surface area contributed by atoms with E-state index in [-0.39, 0.29) is 23.4 Å². The number of benzene rings is 1. The van der Waals surface area contributed by atoms with Crippen LogP contribution in [0.3, 0.4) is 0 Å². The van der Waals surface area contributed by atoms with Gasteiger partial charge in [-0.1, -0.05) is 11.6 Å². The summed E-state index contributed by atoms with van der Waals surface area (Å²) in [5, 5.41) is 3.52. The van der Waals surface area contributed by atoms with Gasteiger partial charge in [-0.3, -0.25) is 0 Å². The summed E-state index contributed by atoms with van der Waals surface area (Å²) in [4.78, 5) is 0.282. The van der Waals surface area contributed by atoms with Crippen molar-refractivity contribution >= 4 is 34.0 Å². The summed E-state index contributed by atoms with van der Waals surface area (Å²) in [6.45, 7) is 3.93. The second kappa shape index (κ2) is 7.79. The Labute approximate surface area is 155 Å². The predicted molar refractivity (Wildman–Crippen MR) is 97.9 cm³/mol. The molecule has 136 valence electrons.